The SMILES string of the molecule is C=CC1CCc2cc(C(F)(F)F)ccc2O1. The molecule has 0 bridgehead atoms. The average Bonchev–Trinajstić information content (AvgIpc) is 2.26. The Balaban J connectivity index is 2.31. The molecule has 0 saturated carbocycles. The number of halogens is 3. The molecule has 0 aliphatic carbocycles. The minimum Gasteiger partial charge on any atom is -0.486 e. The second kappa shape index (κ2) is 3.85. The summed E-state index contributed by atoms with van der Waals surface area (Å²) in [5.74, 6) is 0.532. The summed E-state index contributed by atoms with van der Waals surface area (Å²) in [6, 6.07) is 3.59. The van der Waals surface area contributed by atoms with E-state index in [2.05, 4.69) is 6.58 Å². The fraction of sp³-hybridized carbons (Fsp3) is 0.333. The first-order valence-electron chi connectivity index (χ1n) is 5.00. The third-order valence-electron chi connectivity index (χ3n) is 2.63. The summed E-state index contributed by atoms with van der Waals surface area (Å²) in [5.41, 5.74) is -0.000159. The number of benzene rings is 1. The van der Waals surface area contributed by atoms with Crippen molar-refractivity contribution in [2.45, 2.75) is 25.1 Å². The van der Waals surface area contributed by atoms with Crippen LogP contribution in [0.2, 0.25) is 0 Å². The predicted molar refractivity (Wildman–Crippen MR) is 54.4 cm³/mol. The van der Waals surface area contributed by atoms with Crippen molar-refractivity contribution in [2.24, 2.45) is 0 Å². The highest BCUT2D eigenvalue weighted by Crippen LogP contribution is 2.35. The normalized spacial score (nSPS) is 19.8. The lowest BCUT2D eigenvalue weighted by atomic mass is 10.00. The second-order valence-corrected chi connectivity index (χ2v) is 3.75. The van der Waals surface area contributed by atoms with Gasteiger partial charge in [-0.1, -0.05) is 12.7 Å². The number of aryl methyl sites for hydroxylation is 1. The van der Waals surface area contributed by atoms with E-state index in [1.54, 1.807) is 6.08 Å². The van der Waals surface area contributed by atoms with Gasteiger partial charge in [-0.25, -0.2) is 0 Å². The number of alkyl halides is 3. The molecule has 0 amide bonds. The lowest BCUT2D eigenvalue weighted by Crippen LogP contribution is -2.20. The van der Waals surface area contributed by atoms with Crippen molar-refractivity contribution in [3.8, 4) is 5.75 Å². The van der Waals surface area contributed by atoms with Crippen LogP contribution in [0.3, 0.4) is 0 Å². The van der Waals surface area contributed by atoms with E-state index in [0.29, 0.717) is 24.2 Å². The number of ether oxygens (including phenoxy) is 1. The fourth-order valence-electron chi connectivity index (χ4n) is 1.75. The van der Waals surface area contributed by atoms with Crippen molar-refractivity contribution < 1.29 is 17.9 Å². The van der Waals surface area contributed by atoms with Crippen LogP contribution < -0.4 is 4.74 Å². The van der Waals surface area contributed by atoms with Crippen LogP contribution in [0, 0.1) is 0 Å². The highest BCUT2D eigenvalue weighted by atomic mass is 19.4. The predicted octanol–water partition coefficient (Wildman–Crippen LogP) is 3.59. The van der Waals surface area contributed by atoms with E-state index in [9.17, 15) is 13.2 Å². The van der Waals surface area contributed by atoms with Gasteiger partial charge < -0.3 is 4.74 Å². The van der Waals surface area contributed by atoms with E-state index >= 15 is 0 Å². The van der Waals surface area contributed by atoms with Crippen LogP contribution in [-0.2, 0) is 12.6 Å². The Morgan fingerprint density at radius 2 is 2.12 bits per heavy atom. The van der Waals surface area contributed by atoms with Crippen molar-refractivity contribution in [3.05, 3.63) is 42.0 Å². The van der Waals surface area contributed by atoms with Crippen molar-refractivity contribution in [1.29, 1.82) is 0 Å². The number of fused-ring (bicyclic) bond motifs is 1. The summed E-state index contributed by atoms with van der Waals surface area (Å²) in [7, 11) is 0. The van der Waals surface area contributed by atoms with Gasteiger partial charge in [0.15, 0.2) is 0 Å². The zero-order chi connectivity index (χ0) is 11.8. The summed E-state index contributed by atoms with van der Waals surface area (Å²) in [6.07, 6.45) is -1.44. The standard InChI is InChI=1S/C12H11F3O/c1-2-10-5-3-8-7-9(12(13,14)15)4-6-11(8)16-10/h2,4,6-7,10H,1,3,5H2. The molecule has 0 saturated heterocycles. The van der Waals surface area contributed by atoms with Crippen molar-refractivity contribution >= 4 is 0 Å². The van der Waals surface area contributed by atoms with E-state index in [-0.39, 0.29) is 6.10 Å². The molecule has 1 heterocycles. The molecule has 1 aliphatic rings. The molecule has 2 rings (SSSR count). The highest BCUT2D eigenvalue weighted by molar-refractivity contribution is 5.40. The Labute approximate surface area is 91.5 Å². The van der Waals surface area contributed by atoms with Crippen molar-refractivity contribution in [2.75, 3.05) is 0 Å². The first-order chi connectivity index (χ1) is 7.50. The maximum atomic E-state index is 12.4. The summed E-state index contributed by atoms with van der Waals surface area (Å²) in [6.45, 7) is 3.61. The van der Waals surface area contributed by atoms with Crippen LogP contribution in [0.15, 0.2) is 30.9 Å². The molecular formula is C12H11F3O. The first-order valence-corrected chi connectivity index (χ1v) is 5.00. The summed E-state index contributed by atoms with van der Waals surface area (Å²) in [4.78, 5) is 0. The van der Waals surface area contributed by atoms with Gasteiger partial charge in [0.25, 0.3) is 0 Å². The van der Waals surface area contributed by atoms with Gasteiger partial charge in [0, 0.05) is 0 Å². The molecule has 4 heteroatoms. The average molecular weight is 228 g/mol. The highest BCUT2D eigenvalue weighted by Gasteiger charge is 2.31. The monoisotopic (exact) mass is 228 g/mol. The molecule has 1 aromatic rings. The molecular weight excluding hydrogens is 217 g/mol. The maximum absolute atomic E-state index is 12.4. The van der Waals surface area contributed by atoms with Crippen LogP contribution in [0.4, 0.5) is 13.2 Å². The van der Waals surface area contributed by atoms with Gasteiger partial charge in [-0.2, -0.15) is 13.2 Å². The molecule has 0 radical (unpaired) electrons. The molecule has 1 aromatic carbocycles. The molecule has 1 atom stereocenters. The molecule has 0 fully saturated rings. The molecule has 1 aliphatic heterocycles. The van der Waals surface area contributed by atoms with Gasteiger partial charge in [0.05, 0.1) is 5.56 Å². The van der Waals surface area contributed by atoms with Crippen LogP contribution in [0.25, 0.3) is 0 Å². The molecule has 16 heavy (non-hydrogen) atoms. The zero-order valence-electron chi connectivity index (χ0n) is 8.55. The Kier molecular flexibility index (Phi) is 2.66. The van der Waals surface area contributed by atoms with Crippen LogP contribution in [0.5, 0.6) is 5.75 Å². The van der Waals surface area contributed by atoms with E-state index in [1.165, 1.54) is 6.07 Å². The number of hydrogen-bond donors (Lipinski definition) is 0. The molecule has 1 unspecified atom stereocenters. The van der Waals surface area contributed by atoms with E-state index in [4.69, 9.17) is 4.74 Å². The summed E-state index contributed by atoms with van der Waals surface area (Å²) < 4.78 is 42.8. The van der Waals surface area contributed by atoms with Crippen LogP contribution >= 0.6 is 0 Å². The lowest BCUT2D eigenvalue weighted by molar-refractivity contribution is -0.137. The minimum absolute atomic E-state index is 0.0933. The van der Waals surface area contributed by atoms with Gasteiger partial charge in [-0.05, 0) is 36.6 Å². The summed E-state index contributed by atoms with van der Waals surface area (Å²) in [5, 5.41) is 0. The minimum atomic E-state index is -4.29. The van der Waals surface area contributed by atoms with Crippen LogP contribution in [-0.4, -0.2) is 6.10 Å². The zero-order valence-corrected chi connectivity index (χ0v) is 8.55. The lowest BCUT2D eigenvalue weighted by Gasteiger charge is -2.24. The van der Waals surface area contributed by atoms with Gasteiger partial charge in [-0.15, -0.1) is 0 Å². The molecule has 1 nitrogen and oxygen atoms in total. The Bertz CT molecular complexity index is 409. The van der Waals surface area contributed by atoms with Crippen LogP contribution in [0.1, 0.15) is 17.5 Å². The number of hydrogen-bond acceptors (Lipinski definition) is 1. The number of rotatable bonds is 1. The smallest absolute Gasteiger partial charge is 0.416 e. The summed E-state index contributed by atoms with van der Waals surface area (Å²) >= 11 is 0. The molecule has 86 valence electrons. The molecule has 0 spiro atoms. The maximum Gasteiger partial charge on any atom is 0.416 e. The Hall–Kier alpha value is -1.45. The van der Waals surface area contributed by atoms with Gasteiger partial charge >= 0.3 is 6.18 Å². The Morgan fingerprint density at radius 1 is 1.38 bits per heavy atom. The van der Waals surface area contributed by atoms with E-state index < -0.39 is 11.7 Å². The van der Waals surface area contributed by atoms with E-state index in [0.717, 1.165) is 12.1 Å². The van der Waals surface area contributed by atoms with Gasteiger partial charge in [-0.3, -0.25) is 0 Å². The first kappa shape index (κ1) is 11.0. The quantitative estimate of drug-likeness (QED) is 0.667. The van der Waals surface area contributed by atoms with Gasteiger partial charge in [0.1, 0.15) is 11.9 Å². The fourth-order valence-corrected chi connectivity index (χ4v) is 1.75. The molecule has 0 aromatic heterocycles. The van der Waals surface area contributed by atoms with Crippen molar-refractivity contribution in [1.82, 2.24) is 0 Å². The van der Waals surface area contributed by atoms with E-state index in [1.807, 2.05) is 0 Å². The second-order valence-electron chi connectivity index (χ2n) is 3.75. The topological polar surface area (TPSA) is 9.23 Å². The van der Waals surface area contributed by atoms with Gasteiger partial charge in [0.2, 0.25) is 0 Å². The largest absolute Gasteiger partial charge is 0.486 e. The molecule has 0 N–H and O–H groups in total. The Morgan fingerprint density at radius 3 is 2.75 bits per heavy atom. The van der Waals surface area contributed by atoms with Crippen molar-refractivity contribution in [3.63, 3.8) is 0 Å². The third kappa shape index (κ3) is 2.05. The third-order valence-corrected chi connectivity index (χ3v) is 2.63.